The van der Waals surface area contributed by atoms with Crippen LogP contribution in [0.25, 0.3) is 17.1 Å². The van der Waals surface area contributed by atoms with E-state index in [-0.39, 0.29) is 6.01 Å². The Morgan fingerprint density at radius 1 is 1.04 bits per heavy atom. The minimum absolute atomic E-state index is 0.219. The van der Waals surface area contributed by atoms with E-state index in [0.29, 0.717) is 10.9 Å². The summed E-state index contributed by atoms with van der Waals surface area (Å²) in [4.78, 5) is 5.29. The Kier molecular flexibility index (Phi) is 4.21. The van der Waals surface area contributed by atoms with Gasteiger partial charge in [0.15, 0.2) is 4.80 Å². The summed E-state index contributed by atoms with van der Waals surface area (Å²) in [6.45, 7) is 2.04. The van der Waals surface area contributed by atoms with E-state index in [4.69, 9.17) is 16.0 Å². The largest absolute Gasteiger partial charge is 0.402 e. The number of aromatic nitrogens is 3. The lowest BCUT2D eigenvalue weighted by Gasteiger charge is -2.04. The molecule has 2 aromatic heterocycles. The predicted octanol–water partition coefficient (Wildman–Crippen LogP) is 4.78. The van der Waals surface area contributed by atoms with Crippen LogP contribution in [0.4, 0.5) is 6.01 Å². The molecule has 0 saturated heterocycles. The summed E-state index contributed by atoms with van der Waals surface area (Å²) in [6.07, 6.45) is 0. The second-order valence-electron chi connectivity index (χ2n) is 5.34. The third kappa shape index (κ3) is 3.26. The molecule has 0 N–H and O–H groups in total. The van der Waals surface area contributed by atoms with Crippen LogP contribution in [-0.2, 0) is 0 Å². The molecule has 5 nitrogen and oxygen atoms in total. The highest BCUT2D eigenvalue weighted by atomic mass is 35.5. The second kappa shape index (κ2) is 6.66. The molecule has 0 unspecified atom stereocenters. The maximum atomic E-state index is 5.90. The molecule has 0 atom stereocenters. The normalized spacial score (nSPS) is 11.8. The van der Waals surface area contributed by atoms with Crippen LogP contribution in [0.5, 0.6) is 0 Å². The van der Waals surface area contributed by atoms with Crippen molar-refractivity contribution in [2.24, 2.45) is 4.99 Å². The van der Waals surface area contributed by atoms with Gasteiger partial charge in [-0.25, -0.2) is 0 Å². The molecule has 0 bridgehead atoms. The first-order valence-electron chi connectivity index (χ1n) is 7.57. The Balaban J connectivity index is 1.75. The monoisotopic (exact) mass is 368 g/mol. The predicted molar refractivity (Wildman–Crippen MR) is 98.3 cm³/mol. The molecular weight excluding hydrogens is 356 g/mol. The number of halogens is 1. The lowest BCUT2D eigenvalue weighted by atomic mass is 10.2. The Labute approximate surface area is 152 Å². The van der Waals surface area contributed by atoms with Gasteiger partial charge in [-0.1, -0.05) is 34.9 Å². The zero-order valence-corrected chi connectivity index (χ0v) is 14.8. The quantitative estimate of drug-likeness (QED) is 0.522. The van der Waals surface area contributed by atoms with E-state index in [1.54, 1.807) is 12.1 Å². The van der Waals surface area contributed by atoms with Crippen molar-refractivity contribution in [3.05, 3.63) is 75.5 Å². The summed E-state index contributed by atoms with van der Waals surface area (Å²) in [5.74, 6) is 0.412. The molecule has 7 heteroatoms. The molecule has 2 aromatic carbocycles. The van der Waals surface area contributed by atoms with E-state index >= 15 is 0 Å². The summed E-state index contributed by atoms with van der Waals surface area (Å²) in [7, 11) is 0. The van der Waals surface area contributed by atoms with E-state index in [9.17, 15) is 0 Å². The summed E-state index contributed by atoms with van der Waals surface area (Å²) in [6, 6.07) is 17.5. The minimum atomic E-state index is 0.219. The fourth-order valence-electron chi connectivity index (χ4n) is 2.41. The van der Waals surface area contributed by atoms with Gasteiger partial charge >= 0.3 is 6.01 Å². The summed E-state index contributed by atoms with van der Waals surface area (Å²) in [5, 5.41) is 10.8. The van der Waals surface area contributed by atoms with Crippen molar-refractivity contribution in [2.45, 2.75) is 6.92 Å². The average molecular weight is 369 g/mol. The van der Waals surface area contributed by atoms with E-state index < -0.39 is 0 Å². The van der Waals surface area contributed by atoms with Gasteiger partial charge in [-0.05, 0) is 43.3 Å². The van der Waals surface area contributed by atoms with Gasteiger partial charge in [0.1, 0.15) is 0 Å². The van der Waals surface area contributed by atoms with Crippen LogP contribution < -0.4 is 4.80 Å². The maximum absolute atomic E-state index is 5.90. The molecule has 0 aliphatic heterocycles. The molecule has 124 valence electrons. The first-order chi connectivity index (χ1) is 12.2. The van der Waals surface area contributed by atoms with Crippen molar-refractivity contribution in [3.8, 4) is 17.1 Å². The Bertz CT molecular complexity index is 1060. The third-order valence-corrected chi connectivity index (χ3v) is 4.79. The molecule has 0 radical (unpaired) electrons. The smallest absolute Gasteiger partial charge is 0.345 e. The molecule has 4 rings (SSSR count). The van der Waals surface area contributed by atoms with Crippen molar-refractivity contribution in [2.75, 3.05) is 0 Å². The summed E-state index contributed by atoms with van der Waals surface area (Å²) in [5.41, 5.74) is 2.93. The number of para-hydroxylation sites is 1. The molecule has 0 saturated carbocycles. The first-order valence-corrected chi connectivity index (χ1v) is 8.83. The van der Waals surface area contributed by atoms with Gasteiger partial charge in [0.2, 0.25) is 5.89 Å². The van der Waals surface area contributed by atoms with Gasteiger partial charge in [-0.3, -0.25) is 4.57 Å². The Morgan fingerprint density at radius 3 is 2.56 bits per heavy atom. The fraction of sp³-hybridized carbons (Fsp3) is 0.0556. The van der Waals surface area contributed by atoms with Crippen molar-refractivity contribution in [1.29, 1.82) is 0 Å². The lowest BCUT2D eigenvalue weighted by molar-refractivity contribution is 0.576. The molecular formula is C18H13ClN4OS. The van der Waals surface area contributed by atoms with Crippen molar-refractivity contribution >= 4 is 29.0 Å². The van der Waals surface area contributed by atoms with Crippen molar-refractivity contribution < 1.29 is 4.42 Å². The van der Waals surface area contributed by atoms with Gasteiger partial charge in [0.25, 0.3) is 0 Å². The fourth-order valence-corrected chi connectivity index (χ4v) is 3.41. The number of hydrogen-bond acceptors (Lipinski definition) is 5. The topological polar surface area (TPSA) is 56.2 Å². The lowest BCUT2D eigenvalue weighted by Crippen LogP contribution is -2.13. The second-order valence-corrected chi connectivity index (χ2v) is 6.61. The maximum Gasteiger partial charge on any atom is 0.345 e. The van der Waals surface area contributed by atoms with E-state index in [2.05, 4.69) is 19.8 Å². The van der Waals surface area contributed by atoms with Gasteiger partial charge in [0.05, 0.1) is 0 Å². The minimum Gasteiger partial charge on any atom is -0.402 e. The Morgan fingerprint density at radius 2 is 1.80 bits per heavy atom. The van der Waals surface area contributed by atoms with Gasteiger partial charge in [-0.15, -0.1) is 16.4 Å². The zero-order chi connectivity index (χ0) is 17.2. The molecule has 2 heterocycles. The molecule has 0 aliphatic carbocycles. The van der Waals surface area contributed by atoms with E-state index in [1.165, 1.54) is 11.3 Å². The first kappa shape index (κ1) is 15.8. The van der Waals surface area contributed by atoms with Gasteiger partial charge < -0.3 is 4.42 Å². The molecule has 25 heavy (non-hydrogen) atoms. The SMILES string of the molecule is Cc1csc(=Nc2nnc(-c3ccc(Cl)cc3)o2)n1-c1ccccc1. The van der Waals surface area contributed by atoms with E-state index in [1.807, 2.05) is 54.8 Å². The highest BCUT2D eigenvalue weighted by Gasteiger charge is 2.09. The summed E-state index contributed by atoms with van der Waals surface area (Å²) >= 11 is 7.43. The number of rotatable bonds is 3. The third-order valence-electron chi connectivity index (χ3n) is 3.59. The van der Waals surface area contributed by atoms with Gasteiger partial charge in [0, 0.05) is 27.3 Å². The number of nitrogens with zero attached hydrogens (tertiary/aromatic N) is 4. The number of hydrogen-bond donors (Lipinski definition) is 0. The van der Waals surface area contributed by atoms with Crippen LogP contribution in [0, 0.1) is 6.92 Å². The van der Waals surface area contributed by atoms with Crippen LogP contribution >= 0.6 is 22.9 Å². The highest BCUT2D eigenvalue weighted by Crippen LogP contribution is 2.22. The number of benzene rings is 2. The Hall–Kier alpha value is -2.70. The molecule has 4 aromatic rings. The van der Waals surface area contributed by atoms with Crippen LogP contribution in [0.15, 0.2) is 69.4 Å². The van der Waals surface area contributed by atoms with Gasteiger partial charge in [-0.2, -0.15) is 4.99 Å². The van der Waals surface area contributed by atoms with Crippen LogP contribution in [-0.4, -0.2) is 14.8 Å². The molecule has 0 fully saturated rings. The summed E-state index contributed by atoms with van der Waals surface area (Å²) < 4.78 is 7.73. The standard InChI is InChI=1S/C18H13ClN4OS/c1-12-11-25-18(23(12)15-5-3-2-4-6-15)20-17-22-21-16(24-17)13-7-9-14(19)10-8-13/h2-11H,1H3. The van der Waals surface area contributed by atoms with Crippen LogP contribution in [0.2, 0.25) is 5.02 Å². The van der Waals surface area contributed by atoms with Crippen molar-refractivity contribution in [1.82, 2.24) is 14.8 Å². The van der Waals surface area contributed by atoms with Crippen molar-refractivity contribution in [3.63, 3.8) is 0 Å². The number of thiazole rings is 1. The van der Waals surface area contributed by atoms with Crippen LogP contribution in [0.1, 0.15) is 5.69 Å². The van der Waals surface area contributed by atoms with Crippen LogP contribution in [0.3, 0.4) is 0 Å². The zero-order valence-electron chi connectivity index (χ0n) is 13.3. The molecule has 0 aliphatic rings. The average Bonchev–Trinajstić information content (AvgIpc) is 3.24. The molecule has 0 amide bonds. The highest BCUT2D eigenvalue weighted by molar-refractivity contribution is 7.07. The number of aryl methyl sites for hydroxylation is 1. The van der Waals surface area contributed by atoms with E-state index in [0.717, 1.165) is 21.7 Å². The molecule has 0 spiro atoms.